The van der Waals surface area contributed by atoms with Crippen LogP contribution in [0.3, 0.4) is 0 Å². The minimum absolute atomic E-state index is 0.0147. The maximum Gasteiger partial charge on any atom is 0.336 e. The maximum atomic E-state index is 11.3. The molecule has 0 aromatic carbocycles. The summed E-state index contributed by atoms with van der Waals surface area (Å²) in [4.78, 5) is 11.3. The molecule has 0 fully saturated rings. The highest BCUT2D eigenvalue weighted by Crippen LogP contribution is 2.22. The highest BCUT2D eigenvalue weighted by molar-refractivity contribution is 5.89. The van der Waals surface area contributed by atoms with E-state index in [1.165, 1.54) is 13.2 Å². The van der Waals surface area contributed by atoms with Gasteiger partial charge in [0.05, 0.1) is 32.0 Å². The van der Waals surface area contributed by atoms with Crippen molar-refractivity contribution in [1.82, 2.24) is 0 Å². The Balaban J connectivity index is 2.42. The molecule has 0 saturated heterocycles. The Morgan fingerprint density at radius 3 is 2.74 bits per heavy atom. The summed E-state index contributed by atoms with van der Waals surface area (Å²) in [6, 6.07) is 0. The monoisotopic (exact) mass is 276 g/mol. The Morgan fingerprint density at radius 1 is 1.37 bits per heavy atom. The zero-order chi connectivity index (χ0) is 14.3. The van der Waals surface area contributed by atoms with Crippen LogP contribution in [0.2, 0.25) is 0 Å². The first-order chi connectivity index (χ1) is 9.11. The smallest absolute Gasteiger partial charge is 0.336 e. The molecule has 0 unspecified atom stereocenters. The second kappa shape index (κ2) is 8.23. The summed E-state index contributed by atoms with van der Waals surface area (Å²) in [5.41, 5.74) is 0.0511. The summed E-state index contributed by atoms with van der Waals surface area (Å²) in [5, 5.41) is 19.6. The number of ether oxygens (including phenoxy) is 4. The number of hydrogen-bond donors (Lipinski definition) is 2. The minimum Gasteiger partial charge on any atom is -0.466 e. The molecule has 1 rings (SSSR count). The Labute approximate surface area is 111 Å². The first-order valence-corrected chi connectivity index (χ1v) is 5.94. The Kier molecular flexibility index (Phi) is 6.96. The molecule has 0 radical (unpaired) electrons. The number of aliphatic hydroxyl groups is 2. The predicted molar refractivity (Wildman–Crippen MR) is 64.3 cm³/mol. The van der Waals surface area contributed by atoms with Crippen molar-refractivity contribution in [3.05, 3.63) is 11.6 Å². The average molecular weight is 276 g/mol. The van der Waals surface area contributed by atoms with Crippen molar-refractivity contribution in [3.63, 3.8) is 0 Å². The molecule has 0 heterocycles. The molecule has 0 aliphatic heterocycles. The van der Waals surface area contributed by atoms with Crippen LogP contribution in [0.1, 0.15) is 6.42 Å². The van der Waals surface area contributed by atoms with E-state index in [0.29, 0.717) is 19.6 Å². The molecule has 0 spiro atoms. The molecule has 0 bridgehead atoms. The summed E-state index contributed by atoms with van der Waals surface area (Å²) in [6.45, 7) is 0.815. The second-order valence-corrected chi connectivity index (χ2v) is 4.05. The molecule has 110 valence electrons. The lowest BCUT2D eigenvalue weighted by atomic mass is 9.91. The molecule has 0 saturated carbocycles. The number of rotatable bonds is 7. The van der Waals surface area contributed by atoms with Crippen molar-refractivity contribution in [3.8, 4) is 0 Å². The molecule has 7 heteroatoms. The van der Waals surface area contributed by atoms with Gasteiger partial charge in [-0.3, -0.25) is 0 Å². The molecule has 7 nitrogen and oxygen atoms in total. The third-order valence-corrected chi connectivity index (χ3v) is 2.81. The van der Waals surface area contributed by atoms with Gasteiger partial charge in [0.2, 0.25) is 0 Å². The van der Waals surface area contributed by atoms with Gasteiger partial charge in [-0.25, -0.2) is 4.79 Å². The molecule has 0 aromatic rings. The average Bonchev–Trinajstić information content (AvgIpc) is 2.42. The molecule has 1 aliphatic carbocycles. The SMILES string of the molecule is COCCOCO[C@@H]1CC=C(C(=O)OC)[C@@H](O)[C@H]1O. The van der Waals surface area contributed by atoms with Gasteiger partial charge in [-0.2, -0.15) is 0 Å². The van der Waals surface area contributed by atoms with E-state index in [4.69, 9.17) is 14.2 Å². The van der Waals surface area contributed by atoms with E-state index in [9.17, 15) is 15.0 Å². The van der Waals surface area contributed by atoms with E-state index in [1.54, 1.807) is 7.11 Å². The topological polar surface area (TPSA) is 94.5 Å². The predicted octanol–water partition coefficient (Wildman–Crippen LogP) is -0.783. The summed E-state index contributed by atoms with van der Waals surface area (Å²) in [5.74, 6) is -0.652. The van der Waals surface area contributed by atoms with Crippen LogP contribution in [0, 0.1) is 0 Å². The lowest BCUT2D eigenvalue weighted by molar-refractivity contribution is -0.153. The number of methoxy groups -OCH3 is 2. The fourth-order valence-electron chi connectivity index (χ4n) is 1.72. The zero-order valence-electron chi connectivity index (χ0n) is 11.1. The van der Waals surface area contributed by atoms with E-state index < -0.39 is 24.3 Å². The molecule has 3 atom stereocenters. The number of aliphatic hydroxyl groups excluding tert-OH is 2. The second-order valence-electron chi connectivity index (χ2n) is 4.05. The molecular weight excluding hydrogens is 256 g/mol. The van der Waals surface area contributed by atoms with Gasteiger partial charge in [0.15, 0.2) is 0 Å². The van der Waals surface area contributed by atoms with Crippen LogP contribution in [0.4, 0.5) is 0 Å². The van der Waals surface area contributed by atoms with Crippen molar-refractivity contribution in [2.75, 3.05) is 34.2 Å². The highest BCUT2D eigenvalue weighted by atomic mass is 16.7. The Morgan fingerprint density at radius 2 is 2.11 bits per heavy atom. The van der Waals surface area contributed by atoms with Gasteiger partial charge in [0.1, 0.15) is 19.0 Å². The fraction of sp³-hybridized carbons (Fsp3) is 0.750. The molecule has 19 heavy (non-hydrogen) atoms. The quantitative estimate of drug-likeness (QED) is 0.358. The Bertz CT molecular complexity index is 315. The van der Waals surface area contributed by atoms with Gasteiger partial charge in [-0.1, -0.05) is 6.08 Å². The summed E-state index contributed by atoms with van der Waals surface area (Å²) >= 11 is 0. The van der Waals surface area contributed by atoms with E-state index in [1.807, 2.05) is 0 Å². The van der Waals surface area contributed by atoms with Crippen LogP contribution < -0.4 is 0 Å². The fourth-order valence-corrected chi connectivity index (χ4v) is 1.72. The maximum absolute atomic E-state index is 11.3. The third-order valence-electron chi connectivity index (χ3n) is 2.81. The van der Waals surface area contributed by atoms with Crippen LogP contribution in [0.5, 0.6) is 0 Å². The van der Waals surface area contributed by atoms with E-state index in [2.05, 4.69) is 4.74 Å². The molecular formula is C12H20O7. The van der Waals surface area contributed by atoms with Crippen LogP contribution >= 0.6 is 0 Å². The normalized spacial score (nSPS) is 26.9. The molecule has 0 aromatic heterocycles. The number of esters is 1. The third kappa shape index (κ3) is 4.55. The molecule has 1 aliphatic rings. The van der Waals surface area contributed by atoms with Crippen molar-refractivity contribution in [2.24, 2.45) is 0 Å². The van der Waals surface area contributed by atoms with E-state index >= 15 is 0 Å². The van der Waals surface area contributed by atoms with Crippen LogP contribution in [-0.2, 0) is 23.7 Å². The number of hydrogen-bond acceptors (Lipinski definition) is 7. The van der Waals surface area contributed by atoms with Crippen molar-refractivity contribution < 1.29 is 34.0 Å². The number of carbonyl (C=O) groups excluding carboxylic acids is 1. The van der Waals surface area contributed by atoms with Gasteiger partial charge >= 0.3 is 5.97 Å². The van der Waals surface area contributed by atoms with Gasteiger partial charge in [0, 0.05) is 7.11 Å². The van der Waals surface area contributed by atoms with Gasteiger partial charge in [-0.15, -0.1) is 0 Å². The van der Waals surface area contributed by atoms with Gasteiger partial charge in [0.25, 0.3) is 0 Å². The summed E-state index contributed by atoms with van der Waals surface area (Å²) in [7, 11) is 2.78. The van der Waals surface area contributed by atoms with Gasteiger partial charge in [-0.05, 0) is 6.42 Å². The van der Waals surface area contributed by atoms with Crippen molar-refractivity contribution in [2.45, 2.75) is 24.7 Å². The standard InChI is InChI=1S/C12H20O7/c1-16-5-6-18-7-19-9-4-3-8(12(15)17-2)10(13)11(9)14/h3,9-11,13-14H,4-7H2,1-2H3/t9-,10-,11+/m1/s1. The minimum atomic E-state index is -1.31. The van der Waals surface area contributed by atoms with E-state index in [0.717, 1.165) is 0 Å². The lowest BCUT2D eigenvalue weighted by Gasteiger charge is -2.30. The zero-order valence-corrected chi connectivity index (χ0v) is 11.1. The van der Waals surface area contributed by atoms with Crippen LogP contribution in [0.25, 0.3) is 0 Å². The first-order valence-electron chi connectivity index (χ1n) is 5.94. The highest BCUT2D eigenvalue weighted by Gasteiger charge is 2.36. The molecule has 0 amide bonds. The summed E-state index contributed by atoms with van der Waals surface area (Å²) in [6.07, 6.45) is -1.32. The molecule has 2 N–H and O–H groups in total. The van der Waals surface area contributed by atoms with Crippen molar-refractivity contribution in [1.29, 1.82) is 0 Å². The summed E-state index contributed by atoms with van der Waals surface area (Å²) < 4.78 is 19.7. The van der Waals surface area contributed by atoms with Gasteiger partial charge < -0.3 is 29.2 Å². The van der Waals surface area contributed by atoms with Crippen LogP contribution in [0.15, 0.2) is 11.6 Å². The first kappa shape index (κ1) is 16.1. The largest absolute Gasteiger partial charge is 0.466 e. The van der Waals surface area contributed by atoms with Crippen LogP contribution in [-0.4, -0.2) is 68.7 Å². The Hall–Kier alpha value is -0.990. The van der Waals surface area contributed by atoms with Crippen molar-refractivity contribution >= 4 is 5.97 Å². The lowest BCUT2D eigenvalue weighted by Crippen LogP contribution is -2.44. The van der Waals surface area contributed by atoms with E-state index in [-0.39, 0.29) is 12.4 Å². The number of carbonyl (C=O) groups is 1.